The molecule has 27 heavy (non-hydrogen) atoms. The number of rotatable bonds is 9. The second-order valence-electron chi connectivity index (χ2n) is 6.64. The van der Waals surface area contributed by atoms with E-state index in [1.165, 1.54) is 0 Å². The maximum Gasteiger partial charge on any atom is 0.344 e. The zero-order chi connectivity index (χ0) is 20.6. The number of carboxylic acids is 1. The molecule has 0 aliphatic heterocycles. The van der Waals surface area contributed by atoms with Gasteiger partial charge in [-0.2, -0.15) is 0 Å². The van der Waals surface area contributed by atoms with E-state index in [9.17, 15) is 9.59 Å². The largest absolute Gasteiger partial charge is 0.479 e. The summed E-state index contributed by atoms with van der Waals surface area (Å²) >= 11 is 0. The smallest absolute Gasteiger partial charge is 0.344 e. The van der Waals surface area contributed by atoms with Crippen LogP contribution in [0.25, 0.3) is 0 Å². The number of aliphatic carboxylic acids is 1. The van der Waals surface area contributed by atoms with Crippen molar-refractivity contribution in [1.29, 1.82) is 0 Å². The Morgan fingerprint density at radius 1 is 1.15 bits per heavy atom. The summed E-state index contributed by atoms with van der Waals surface area (Å²) < 4.78 is 6.88. The van der Waals surface area contributed by atoms with Gasteiger partial charge in [0.05, 0.1) is 12.1 Å². The van der Waals surface area contributed by atoms with Crippen molar-refractivity contribution in [2.45, 2.75) is 32.1 Å². The Morgan fingerprint density at radius 3 is 2.37 bits per heavy atom. The Hall–Kier alpha value is -3.15. The molecule has 0 aliphatic carbocycles. The molecule has 0 bridgehead atoms. The molecule has 0 saturated carbocycles. The highest BCUT2D eigenvalue weighted by Gasteiger charge is 2.31. The molecule has 2 aromatic carbocycles. The fourth-order valence-electron chi connectivity index (χ4n) is 2.90. The number of hydrogen-bond donors (Lipinski definition) is 2. The number of oxime groups is 1. The van der Waals surface area contributed by atoms with E-state index < -0.39 is 18.0 Å². The molecule has 2 rings (SSSR count). The van der Waals surface area contributed by atoms with Crippen LogP contribution in [-0.4, -0.2) is 29.3 Å². The fourth-order valence-corrected chi connectivity index (χ4v) is 2.90. The second kappa shape index (κ2) is 8.98. The standard InChI is InChI=1S/C21H24N2O4/c1-15(23-27-14-20(25)26)21(2,18-6-4-3-5-7-18)13-17-10-8-16(9-11-17)12-19(22)24/h3-11H,12-14H2,1-2H3,(H2,22,24)(H,25,26)/b23-15+/i/hD. The van der Waals surface area contributed by atoms with Crippen molar-refractivity contribution in [1.82, 2.24) is 0 Å². The minimum atomic E-state index is -1.08. The Balaban J connectivity index is 2.27. The highest BCUT2D eigenvalue weighted by Crippen LogP contribution is 2.30. The molecule has 0 aromatic heterocycles. The Morgan fingerprint density at radius 2 is 1.78 bits per heavy atom. The van der Waals surface area contributed by atoms with E-state index in [1.54, 1.807) is 0 Å². The average Bonchev–Trinajstić information content (AvgIpc) is 2.69. The van der Waals surface area contributed by atoms with Crippen LogP contribution < -0.4 is 5.73 Å². The van der Waals surface area contributed by atoms with Crippen LogP contribution in [0.2, 0.25) is 1.41 Å². The molecule has 1 atom stereocenters. The van der Waals surface area contributed by atoms with Gasteiger partial charge in [-0.3, -0.25) is 4.79 Å². The van der Waals surface area contributed by atoms with Crippen LogP contribution in [-0.2, 0) is 32.7 Å². The number of carbonyl (C=O) groups excluding carboxylic acids is 1. The summed E-state index contributed by atoms with van der Waals surface area (Å²) in [6, 6.07) is 17.4. The number of nitrogens with zero attached hydrogens (tertiary/aromatic N) is 1. The highest BCUT2D eigenvalue weighted by atomic mass is 16.6. The molecule has 3 N–H and O–H groups in total. The van der Waals surface area contributed by atoms with Gasteiger partial charge < -0.3 is 15.7 Å². The van der Waals surface area contributed by atoms with Crippen LogP contribution in [0, 0.1) is 0 Å². The second-order valence-corrected chi connectivity index (χ2v) is 6.64. The van der Waals surface area contributed by atoms with E-state index in [1.807, 2.05) is 74.2 Å². The summed E-state index contributed by atoms with van der Waals surface area (Å²) in [6.45, 7) is 3.36. The summed E-state index contributed by atoms with van der Waals surface area (Å²) in [6.07, 6.45) is 0.775. The first-order chi connectivity index (χ1) is 13.3. The molecule has 6 heteroatoms. The van der Waals surface area contributed by atoms with Crippen LogP contribution in [0.1, 0.15) is 30.5 Å². The minimum Gasteiger partial charge on any atom is -0.479 e. The maximum absolute atomic E-state index is 11.3. The zero-order valence-electron chi connectivity index (χ0n) is 16.4. The predicted molar refractivity (Wildman–Crippen MR) is 104 cm³/mol. The van der Waals surface area contributed by atoms with Crippen molar-refractivity contribution < 1.29 is 20.9 Å². The molecule has 0 spiro atoms. The van der Waals surface area contributed by atoms with Gasteiger partial charge in [0.15, 0.2) is 1.41 Å². The molecule has 1 amide bonds. The number of amides is 1. The van der Waals surface area contributed by atoms with E-state index in [0.717, 1.165) is 16.7 Å². The third kappa shape index (κ3) is 5.67. The van der Waals surface area contributed by atoms with Crippen LogP contribution in [0.15, 0.2) is 59.8 Å². The highest BCUT2D eigenvalue weighted by molar-refractivity contribution is 5.92. The zero-order valence-corrected chi connectivity index (χ0v) is 15.4. The lowest BCUT2D eigenvalue weighted by atomic mass is 9.74. The van der Waals surface area contributed by atoms with Crippen molar-refractivity contribution in [3.05, 3.63) is 71.3 Å². The summed E-state index contributed by atoms with van der Waals surface area (Å²) in [7, 11) is 0. The Labute approximate surface area is 160 Å². The molecule has 1 unspecified atom stereocenters. The van der Waals surface area contributed by atoms with Crippen LogP contribution in [0.5, 0.6) is 0 Å². The molecule has 142 valence electrons. The third-order valence-electron chi connectivity index (χ3n) is 4.54. The summed E-state index contributed by atoms with van der Waals surface area (Å²) in [5.74, 6) is -1.44. The van der Waals surface area contributed by atoms with Gasteiger partial charge in [-0.25, -0.2) is 4.79 Å². The Kier molecular flexibility index (Phi) is 6.20. The number of primary amides is 1. The first-order valence-corrected chi connectivity index (χ1v) is 8.58. The predicted octanol–water partition coefficient (Wildman–Crippen LogP) is 2.69. The maximum atomic E-state index is 11.3. The van der Waals surface area contributed by atoms with Crippen LogP contribution in [0.4, 0.5) is 0 Å². The van der Waals surface area contributed by atoms with Crippen molar-refractivity contribution in [3.63, 3.8) is 0 Å². The molecule has 0 fully saturated rings. The van der Waals surface area contributed by atoms with Crippen molar-refractivity contribution >= 4 is 17.6 Å². The topological polar surface area (TPSA) is 102 Å². The number of hydrogen-bond acceptors (Lipinski definition) is 4. The molecular weight excluding hydrogens is 344 g/mol. The minimum absolute atomic E-state index is 0.156. The Bertz CT molecular complexity index is 837. The summed E-state index contributed by atoms with van der Waals surface area (Å²) in [4.78, 5) is 27.0. The van der Waals surface area contributed by atoms with Gasteiger partial charge >= 0.3 is 5.97 Å². The van der Waals surface area contributed by atoms with E-state index in [4.69, 9.17) is 11.4 Å². The van der Waals surface area contributed by atoms with Crippen molar-refractivity contribution in [3.8, 4) is 0 Å². The van der Waals surface area contributed by atoms with Gasteiger partial charge in [0, 0.05) is 5.41 Å². The average molecular weight is 369 g/mol. The normalized spacial score (nSPS) is 14.0. The molecule has 0 radical (unpaired) electrons. The van der Waals surface area contributed by atoms with E-state index in [-0.39, 0.29) is 12.3 Å². The molecule has 0 heterocycles. The molecule has 0 aliphatic rings. The number of carbonyl (C=O) groups is 2. The first kappa shape index (κ1) is 18.6. The van der Waals surface area contributed by atoms with Gasteiger partial charge in [0.25, 0.3) is 0 Å². The van der Waals surface area contributed by atoms with Gasteiger partial charge in [-0.15, -0.1) is 0 Å². The number of carboxylic acid groups (broad SMARTS) is 1. The van der Waals surface area contributed by atoms with E-state index in [2.05, 4.69) is 5.16 Å². The van der Waals surface area contributed by atoms with Gasteiger partial charge in [0.2, 0.25) is 12.5 Å². The summed E-state index contributed by atoms with van der Waals surface area (Å²) in [5, 5.41) is 12.8. The molecular formula is C21H24N2O4. The first-order valence-electron chi connectivity index (χ1n) is 9.08. The van der Waals surface area contributed by atoms with Gasteiger partial charge in [-0.05, 0) is 37.0 Å². The van der Waals surface area contributed by atoms with Gasteiger partial charge in [-0.1, -0.05) is 59.8 Å². The van der Waals surface area contributed by atoms with E-state index >= 15 is 0 Å². The lowest BCUT2D eigenvalue weighted by Gasteiger charge is -2.30. The van der Waals surface area contributed by atoms with Crippen LogP contribution in [0.3, 0.4) is 0 Å². The lowest BCUT2D eigenvalue weighted by Crippen LogP contribution is -2.33. The monoisotopic (exact) mass is 369 g/mol. The SMILES string of the molecule is [2H]NC(=O)Cc1ccc(CC(C)(/C(C)=N/OCC(=O)O)c2ccccc2)cc1. The number of nitrogens with two attached hydrogens (primary N) is 1. The molecule has 0 saturated heterocycles. The number of benzene rings is 2. The summed E-state index contributed by atoms with van der Waals surface area (Å²) in [5.41, 5.74) is 4.93. The van der Waals surface area contributed by atoms with E-state index in [0.29, 0.717) is 12.1 Å². The van der Waals surface area contributed by atoms with Crippen molar-refractivity contribution in [2.75, 3.05) is 6.61 Å². The van der Waals surface area contributed by atoms with Gasteiger partial charge in [0.1, 0.15) is 0 Å². The quantitative estimate of drug-likeness (QED) is 0.524. The fraction of sp³-hybridized carbons (Fsp3) is 0.286. The van der Waals surface area contributed by atoms with Crippen molar-refractivity contribution in [2.24, 2.45) is 10.9 Å². The molecule has 2 aromatic rings. The molecule has 6 nitrogen and oxygen atoms in total. The lowest BCUT2D eigenvalue weighted by molar-refractivity contribution is -0.142. The third-order valence-corrected chi connectivity index (χ3v) is 4.54. The van der Waals surface area contributed by atoms with Crippen LogP contribution >= 0.6 is 0 Å².